The van der Waals surface area contributed by atoms with Gasteiger partial charge in [-0.3, -0.25) is 9.69 Å². The van der Waals surface area contributed by atoms with E-state index in [2.05, 4.69) is 30.0 Å². The van der Waals surface area contributed by atoms with Crippen LogP contribution >= 0.6 is 0 Å². The molecule has 106 valence electrons. The van der Waals surface area contributed by atoms with Gasteiger partial charge in [0.05, 0.1) is 5.92 Å². The van der Waals surface area contributed by atoms with Crippen LogP contribution in [0.25, 0.3) is 0 Å². The third kappa shape index (κ3) is 1.65. The molecule has 0 spiro atoms. The molecule has 3 nitrogen and oxygen atoms in total. The molecule has 0 saturated carbocycles. The first-order valence-electron chi connectivity index (χ1n) is 7.75. The van der Waals surface area contributed by atoms with E-state index in [1.165, 1.54) is 23.1 Å². The second kappa shape index (κ2) is 4.32. The van der Waals surface area contributed by atoms with Gasteiger partial charge in [-0.15, -0.1) is 0 Å². The van der Waals surface area contributed by atoms with E-state index in [1.54, 1.807) is 0 Å². The second-order valence-electron chi connectivity index (χ2n) is 6.68. The quantitative estimate of drug-likeness (QED) is 0.899. The average molecular weight is 271 g/mol. The van der Waals surface area contributed by atoms with Gasteiger partial charge in [0.25, 0.3) is 0 Å². The van der Waals surface area contributed by atoms with Crippen molar-refractivity contribution in [3.63, 3.8) is 0 Å². The highest BCUT2D eigenvalue weighted by Gasteiger charge is 2.52. The van der Waals surface area contributed by atoms with Gasteiger partial charge in [0, 0.05) is 18.1 Å². The SMILES string of the molecule is Cc1ccc2c(c1)C(N1C3CCC1C(C(=O)O)C3)CC2. The molecule has 4 unspecified atom stereocenters. The van der Waals surface area contributed by atoms with Crippen LogP contribution in [0.2, 0.25) is 0 Å². The maximum absolute atomic E-state index is 11.4. The maximum atomic E-state index is 11.4. The molecule has 2 heterocycles. The Bertz CT molecular complexity index is 568. The van der Waals surface area contributed by atoms with Crippen LogP contribution in [0.4, 0.5) is 0 Å². The largest absolute Gasteiger partial charge is 0.481 e. The molecule has 3 heteroatoms. The Morgan fingerprint density at radius 1 is 1.30 bits per heavy atom. The smallest absolute Gasteiger partial charge is 0.308 e. The van der Waals surface area contributed by atoms with E-state index in [1.807, 2.05) is 0 Å². The van der Waals surface area contributed by atoms with Crippen LogP contribution in [0.5, 0.6) is 0 Å². The van der Waals surface area contributed by atoms with Crippen LogP contribution in [0.15, 0.2) is 18.2 Å². The molecule has 1 aromatic rings. The molecule has 2 saturated heterocycles. The lowest BCUT2D eigenvalue weighted by atomic mass is 9.89. The number of hydrogen-bond donors (Lipinski definition) is 1. The minimum absolute atomic E-state index is 0.136. The van der Waals surface area contributed by atoms with E-state index < -0.39 is 5.97 Å². The first-order chi connectivity index (χ1) is 9.65. The summed E-state index contributed by atoms with van der Waals surface area (Å²) in [6.07, 6.45) is 5.43. The van der Waals surface area contributed by atoms with Gasteiger partial charge in [0.1, 0.15) is 0 Å². The molecule has 0 amide bonds. The molecule has 3 aliphatic rings. The molecule has 20 heavy (non-hydrogen) atoms. The first-order valence-corrected chi connectivity index (χ1v) is 7.75. The van der Waals surface area contributed by atoms with Gasteiger partial charge in [-0.05, 0) is 50.2 Å². The van der Waals surface area contributed by atoms with Crippen molar-refractivity contribution in [1.29, 1.82) is 0 Å². The van der Waals surface area contributed by atoms with Gasteiger partial charge in [-0.1, -0.05) is 23.8 Å². The molecule has 1 N–H and O–H groups in total. The summed E-state index contributed by atoms with van der Waals surface area (Å²) >= 11 is 0. The number of aliphatic carboxylic acids is 1. The van der Waals surface area contributed by atoms with Crippen LogP contribution in [0.3, 0.4) is 0 Å². The van der Waals surface area contributed by atoms with Gasteiger partial charge >= 0.3 is 5.97 Å². The van der Waals surface area contributed by atoms with Gasteiger partial charge in [0.15, 0.2) is 0 Å². The number of hydrogen-bond acceptors (Lipinski definition) is 2. The first kappa shape index (κ1) is 12.4. The fourth-order valence-electron chi connectivity index (χ4n) is 4.79. The summed E-state index contributed by atoms with van der Waals surface area (Å²) in [7, 11) is 0. The normalized spacial score (nSPS) is 35.5. The lowest BCUT2D eigenvalue weighted by molar-refractivity contribution is -0.142. The lowest BCUT2D eigenvalue weighted by Crippen LogP contribution is -2.35. The number of carboxylic acid groups (broad SMARTS) is 1. The van der Waals surface area contributed by atoms with Crippen LogP contribution in [-0.2, 0) is 11.2 Å². The fourth-order valence-corrected chi connectivity index (χ4v) is 4.79. The Labute approximate surface area is 119 Å². The number of benzene rings is 1. The van der Waals surface area contributed by atoms with Crippen molar-refractivity contribution in [2.45, 2.75) is 57.2 Å². The standard InChI is InChI=1S/C17H21NO2/c1-10-2-3-11-4-6-15(13(11)8-10)18-12-5-7-16(18)14(9-12)17(19)20/h2-3,8,12,14-16H,4-7,9H2,1H3,(H,19,20). The maximum Gasteiger partial charge on any atom is 0.308 e. The van der Waals surface area contributed by atoms with E-state index in [4.69, 9.17) is 0 Å². The van der Waals surface area contributed by atoms with Crippen LogP contribution < -0.4 is 0 Å². The summed E-state index contributed by atoms with van der Waals surface area (Å²) in [5, 5.41) is 9.41. The minimum atomic E-state index is -0.593. The molecular weight excluding hydrogens is 250 g/mol. The van der Waals surface area contributed by atoms with Crippen molar-refractivity contribution in [1.82, 2.24) is 4.90 Å². The van der Waals surface area contributed by atoms with Crippen molar-refractivity contribution in [3.8, 4) is 0 Å². The summed E-state index contributed by atoms with van der Waals surface area (Å²) in [6.45, 7) is 2.15. The van der Waals surface area contributed by atoms with Crippen LogP contribution in [-0.4, -0.2) is 28.1 Å². The van der Waals surface area contributed by atoms with E-state index in [-0.39, 0.29) is 12.0 Å². The zero-order chi connectivity index (χ0) is 13.9. The Hall–Kier alpha value is -1.35. The summed E-state index contributed by atoms with van der Waals surface area (Å²) < 4.78 is 0. The molecule has 1 aromatic carbocycles. The van der Waals surface area contributed by atoms with Crippen molar-refractivity contribution >= 4 is 5.97 Å². The zero-order valence-corrected chi connectivity index (χ0v) is 11.9. The number of aryl methyl sites for hydroxylation is 2. The highest BCUT2D eigenvalue weighted by molar-refractivity contribution is 5.72. The number of fused-ring (bicyclic) bond motifs is 3. The molecule has 4 rings (SSSR count). The number of nitrogens with zero attached hydrogens (tertiary/aromatic N) is 1. The van der Waals surface area contributed by atoms with Gasteiger partial charge in [-0.25, -0.2) is 0 Å². The van der Waals surface area contributed by atoms with Crippen molar-refractivity contribution in [2.24, 2.45) is 5.92 Å². The van der Waals surface area contributed by atoms with E-state index >= 15 is 0 Å². The summed E-state index contributed by atoms with van der Waals surface area (Å²) in [5.41, 5.74) is 4.25. The van der Waals surface area contributed by atoms with Crippen molar-refractivity contribution in [2.75, 3.05) is 0 Å². The Morgan fingerprint density at radius 3 is 2.90 bits per heavy atom. The summed E-state index contributed by atoms with van der Waals surface area (Å²) in [6, 6.07) is 8.01. The zero-order valence-electron chi connectivity index (χ0n) is 11.9. The molecule has 2 aliphatic heterocycles. The van der Waals surface area contributed by atoms with Crippen LogP contribution in [0, 0.1) is 12.8 Å². The molecule has 1 aliphatic carbocycles. The molecule has 2 fully saturated rings. The van der Waals surface area contributed by atoms with E-state index in [9.17, 15) is 9.90 Å². The topological polar surface area (TPSA) is 40.5 Å². The van der Waals surface area contributed by atoms with Crippen molar-refractivity contribution in [3.05, 3.63) is 34.9 Å². The Kier molecular flexibility index (Phi) is 2.68. The Morgan fingerprint density at radius 2 is 2.15 bits per heavy atom. The highest BCUT2D eigenvalue weighted by Crippen LogP contribution is 2.50. The molecule has 0 radical (unpaired) electrons. The van der Waals surface area contributed by atoms with Crippen molar-refractivity contribution < 1.29 is 9.90 Å². The van der Waals surface area contributed by atoms with Gasteiger partial charge in [0.2, 0.25) is 0 Å². The molecule has 0 aromatic heterocycles. The fraction of sp³-hybridized carbons (Fsp3) is 0.588. The monoisotopic (exact) mass is 271 g/mol. The predicted molar refractivity (Wildman–Crippen MR) is 76.6 cm³/mol. The third-order valence-corrected chi connectivity index (χ3v) is 5.62. The predicted octanol–water partition coefficient (Wildman–Crippen LogP) is 2.92. The number of carboxylic acids is 1. The number of rotatable bonds is 2. The van der Waals surface area contributed by atoms with Gasteiger partial charge < -0.3 is 5.11 Å². The Balaban J connectivity index is 1.68. The minimum Gasteiger partial charge on any atom is -0.481 e. The summed E-state index contributed by atoms with van der Waals surface area (Å²) in [4.78, 5) is 14.0. The van der Waals surface area contributed by atoms with E-state index in [0.717, 1.165) is 25.7 Å². The van der Waals surface area contributed by atoms with E-state index in [0.29, 0.717) is 12.1 Å². The lowest BCUT2D eigenvalue weighted by Gasteiger charge is -2.30. The number of carbonyl (C=O) groups is 1. The highest BCUT2D eigenvalue weighted by atomic mass is 16.4. The van der Waals surface area contributed by atoms with Gasteiger partial charge in [-0.2, -0.15) is 0 Å². The second-order valence-corrected chi connectivity index (χ2v) is 6.68. The van der Waals surface area contributed by atoms with Crippen LogP contribution in [0.1, 0.15) is 48.4 Å². The molecular formula is C17H21NO2. The molecule has 2 bridgehead atoms. The third-order valence-electron chi connectivity index (χ3n) is 5.62. The average Bonchev–Trinajstić information content (AvgIpc) is 3.09. The molecule has 4 atom stereocenters. The summed E-state index contributed by atoms with van der Waals surface area (Å²) in [5.74, 6) is -0.729.